The molecule has 0 aromatic heterocycles. The van der Waals surface area contributed by atoms with Crippen LogP contribution in [0.1, 0.15) is 18.4 Å². The van der Waals surface area contributed by atoms with E-state index in [-0.39, 0.29) is 10.8 Å². The molecule has 1 aliphatic rings. The molecule has 19 heavy (non-hydrogen) atoms. The molecule has 0 unspecified atom stereocenters. The Bertz CT molecular complexity index is 463. The quantitative estimate of drug-likeness (QED) is 0.615. The second-order valence-electron chi connectivity index (χ2n) is 4.97. The van der Waals surface area contributed by atoms with Crippen molar-refractivity contribution in [1.82, 2.24) is 0 Å². The number of nitrogens with two attached hydrogens (primary N) is 1. The fourth-order valence-electron chi connectivity index (χ4n) is 1.83. The van der Waals surface area contributed by atoms with Gasteiger partial charge in [-0.1, -0.05) is 12.2 Å². The number of halogens is 1. The lowest BCUT2D eigenvalue weighted by Crippen LogP contribution is -2.24. The number of hydrogen-bond donors (Lipinski definition) is 1. The van der Waals surface area contributed by atoms with Crippen LogP contribution in [0.4, 0.5) is 10.1 Å². The van der Waals surface area contributed by atoms with E-state index in [9.17, 15) is 4.39 Å². The number of rotatable bonds is 7. The van der Waals surface area contributed by atoms with Crippen molar-refractivity contribution in [3.63, 3.8) is 0 Å². The van der Waals surface area contributed by atoms with E-state index in [1.54, 1.807) is 12.1 Å². The normalized spacial score (nSPS) is 14.4. The molecule has 0 heterocycles. The zero-order valence-corrected chi connectivity index (χ0v) is 11.9. The van der Waals surface area contributed by atoms with Crippen molar-refractivity contribution >= 4 is 22.9 Å². The van der Waals surface area contributed by atoms with Gasteiger partial charge >= 0.3 is 0 Å². The van der Waals surface area contributed by atoms with Gasteiger partial charge in [-0.15, -0.1) is 0 Å². The van der Waals surface area contributed by atoms with E-state index in [2.05, 4.69) is 0 Å². The first kappa shape index (κ1) is 14.2. The Morgan fingerprint density at radius 1 is 1.53 bits per heavy atom. The van der Waals surface area contributed by atoms with Crippen LogP contribution in [-0.4, -0.2) is 31.8 Å². The van der Waals surface area contributed by atoms with Crippen LogP contribution in [0, 0.1) is 11.7 Å². The van der Waals surface area contributed by atoms with Gasteiger partial charge in [-0.3, -0.25) is 0 Å². The highest BCUT2D eigenvalue weighted by molar-refractivity contribution is 7.80. The summed E-state index contributed by atoms with van der Waals surface area (Å²) in [4.78, 5) is 2.05. The molecule has 0 aliphatic heterocycles. The maximum Gasteiger partial charge on any atom is 0.147 e. The van der Waals surface area contributed by atoms with Gasteiger partial charge in [0.2, 0.25) is 0 Å². The maximum atomic E-state index is 13.9. The summed E-state index contributed by atoms with van der Waals surface area (Å²) in [7, 11) is 1.85. The zero-order valence-electron chi connectivity index (χ0n) is 11.1. The molecule has 2 rings (SSSR count). The van der Waals surface area contributed by atoms with Crippen LogP contribution in [0.3, 0.4) is 0 Å². The lowest BCUT2D eigenvalue weighted by atomic mass is 10.2. The Hall–Kier alpha value is -1.20. The van der Waals surface area contributed by atoms with Gasteiger partial charge in [0, 0.05) is 25.8 Å². The number of benzene rings is 1. The van der Waals surface area contributed by atoms with Crippen molar-refractivity contribution in [2.75, 3.05) is 31.7 Å². The summed E-state index contributed by atoms with van der Waals surface area (Å²) in [6, 6.07) is 4.81. The standard InChI is InChI=1S/C14H19FN2OS/c1-17(6-7-18-9-10-2-3-10)13-5-4-11(14(16)19)8-12(13)15/h4-5,8,10H,2-3,6-7,9H2,1H3,(H2,16,19). The van der Waals surface area contributed by atoms with Crippen LogP contribution in [-0.2, 0) is 4.74 Å². The number of hydrogen-bond acceptors (Lipinski definition) is 3. The van der Waals surface area contributed by atoms with E-state index in [0.29, 0.717) is 24.4 Å². The highest BCUT2D eigenvalue weighted by Crippen LogP contribution is 2.28. The minimum atomic E-state index is -0.310. The number of ether oxygens (including phenoxy) is 1. The molecule has 0 radical (unpaired) electrons. The zero-order chi connectivity index (χ0) is 13.8. The smallest absolute Gasteiger partial charge is 0.147 e. The second-order valence-corrected chi connectivity index (χ2v) is 5.41. The van der Waals surface area contributed by atoms with Crippen LogP contribution >= 0.6 is 12.2 Å². The van der Waals surface area contributed by atoms with E-state index in [1.165, 1.54) is 18.9 Å². The SMILES string of the molecule is CN(CCOCC1CC1)c1ccc(C(N)=S)cc1F. The van der Waals surface area contributed by atoms with Gasteiger partial charge in [0.15, 0.2) is 0 Å². The van der Waals surface area contributed by atoms with Gasteiger partial charge in [0.25, 0.3) is 0 Å². The molecule has 1 aromatic carbocycles. The molecule has 0 atom stereocenters. The molecule has 1 aliphatic carbocycles. The maximum absolute atomic E-state index is 13.9. The van der Waals surface area contributed by atoms with Crippen LogP contribution in [0.5, 0.6) is 0 Å². The lowest BCUT2D eigenvalue weighted by Gasteiger charge is -2.20. The van der Waals surface area contributed by atoms with Crippen molar-refractivity contribution in [2.24, 2.45) is 11.7 Å². The second kappa shape index (κ2) is 6.30. The monoisotopic (exact) mass is 282 g/mol. The number of thiocarbonyl (C=S) groups is 1. The molecular weight excluding hydrogens is 263 g/mol. The Kier molecular flexibility index (Phi) is 4.71. The molecular formula is C14H19FN2OS. The van der Waals surface area contributed by atoms with E-state index in [4.69, 9.17) is 22.7 Å². The van der Waals surface area contributed by atoms with Gasteiger partial charge < -0.3 is 15.4 Å². The van der Waals surface area contributed by atoms with Crippen molar-refractivity contribution in [3.8, 4) is 0 Å². The summed E-state index contributed by atoms with van der Waals surface area (Å²) in [6.45, 7) is 2.11. The lowest BCUT2D eigenvalue weighted by molar-refractivity contribution is 0.131. The van der Waals surface area contributed by atoms with Crippen LogP contribution in [0.15, 0.2) is 18.2 Å². The first-order valence-electron chi connectivity index (χ1n) is 6.46. The summed E-state index contributed by atoms with van der Waals surface area (Å²) >= 11 is 4.82. The third-order valence-electron chi connectivity index (χ3n) is 3.26. The molecule has 0 bridgehead atoms. The van der Waals surface area contributed by atoms with E-state index in [0.717, 1.165) is 12.5 Å². The Balaban J connectivity index is 1.86. The molecule has 0 amide bonds. The highest BCUT2D eigenvalue weighted by Gasteiger charge is 2.21. The van der Waals surface area contributed by atoms with E-state index >= 15 is 0 Å². The van der Waals surface area contributed by atoms with Crippen LogP contribution in [0.25, 0.3) is 0 Å². The first-order chi connectivity index (χ1) is 9.08. The predicted octanol–water partition coefficient (Wildman–Crippen LogP) is 2.32. The van der Waals surface area contributed by atoms with Gasteiger partial charge in [0.05, 0.1) is 12.3 Å². The summed E-state index contributed by atoms with van der Waals surface area (Å²) in [5.41, 5.74) is 6.56. The third-order valence-corrected chi connectivity index (χ3v) is 3.50. The van der Waals surface area contributed by atoms with Crippen molar-refractivity contribution in [1.29, 1.82) is 0 Å². The topological polar surface area (TPSA) is 38.5 Å². The molecule has 1 saturated carbocycles. The Labute approximate surface area is 118 Å². The van der Waals surface area contributed by atoms with E-state index in [1.807, 2.05) is 11.9 Å². The van der Waals surface area contributed by atoms with Gasteiger partial charge in [-0.25, -0.2) is 4.39 Å². The Morgan fingerprint density at radius 3 is 2.84 bits per heavy atom. The van der Waals surface area contributed by atoms with Crippen molar-refractivity contribution < 1.29 is 9.13 Å². The summed E-state index contributed by atoms with van der Waals surface area (Å²) in [5.74, 6) is 0.446. The fourth-order valence-corrected chi connectivity index (χ4v) is 1.95. The summed E-state index contributed by atoms with van der Waals surface area (Å²) in [6.07, 6.45) is 2.57. The average molecular weight is 282 g/mol. The van der Waals surface area contributed by atoms with Crippen molar-refractivity contribution in [3.05, 3.63) is 29.6 Å². The first-order valence-corrected chi connectivity index (χ1v) is 6.87. The van der Waals surface area contributed by atoms with E-state index < -0.39 is 0 Å². The highest BCUT2D eigenvalue weighted by atomic mass is 32.1. The van der Waals surface area contributed by atoms with Crippen LogP contribution in [0.2, 0.25) is 0 Å². The molecule has 104 valence electrons. The minimum absolute atomic E-state index is 0.209. The molecule has 3 nitrogen and oxygen atoms in total. The molecule has 0 saturated heterocycles. The number of likely N-dealkylation sites (N-methyl/N-ethyl adjacent to an activating group) is 1. The minimum Gasteiger partial charge on any atom is -0.389 e. The predicted molar refractivity (Wildman–Crippen MR) is 79.1 cm³/mol. The fraction of sp³-hybridized carbons (Fsp3) is 0.500. The summed E-state index contributed by atoms with van der Waals surface area (Å²) < 4.78 is 19.5. The molecule has 5 heteroatoms. The summed E-state index contributed by atoms with van der Waals surface area (Å²) in [5, 5.41) is 0. The van der Waals surface area contributed by atoms with Gasteiger partial charge in [-0.05, 0) is 37.0 Å². The number of anilines is 1. The number of nitrogens with zero attached hydrogens (tertiary/aromatic N) is 1. The molecule has 2 N–H and O–H groups in total. The van der Waals surface area contributed by atoms with Crippen molar-refractivity contribution in [2.45, 2.75) is 12.8 Å². The third kappa shape index (κ3) is 4.14. The Morgan fingerprint density at radius 2 is 2.26 bits per heavy atom. The van der Waals surface area contributed by atoms with Gasteiger partial charge in [0.1, 0.15) is 10.8 Å². The van der Waals surface area contributed by atoms with Gasteiger partial charge in [-0.2, -0.15) is 0 Å². The average Bonchev–Trinajstić information content (AvgIpc) is 3.18. The molecule has 0 spiro atoms. The largest absolute Gasteiger partial charge is 0.389 e. The molecule has 1 fully saturated rings. The van der Waals surface area contributed by atoms with Crippen LogP contribution < -0.4 is 10.6 Å². The molecule has 1 aromatic rings.